The highest BCUT2D eigenvalue weighted by Crippen LogP contribution is 2.36. The first kappa shape index (κ1) is 19.0. The number of anilines is 3. The van der Waals surface area contributed by atoms with E-state index in [0.29, 0.717) is 0 Å². The number of para-hydroxylation sites is 1. The minimum absolute atomic E-state index is 0.117. The molecule has 2 atom stereocenters. The highest BCUT2D eigenvalue weighted by molar-refractivity contribution is 8.02. The quantitative estimate of drug-likeness (QED) is 0.597. The molecule has 144 valence electrons. The molecule has 0 spiro atoms. The van der Waals surface area contributed by atoms with Crippen LogP contribution in [0.2, 0.25) is 0 Å². The number of thioether (sulfide) groups is 1. The van der Waals surface area contributed by atoms with Gasteiger partial charge in [0.15, 0.2) is 4.34 Å². The van der Waals surface area contributed by atoms with Crippen LogP contribution in [0.1, 0.15) is 25.0 Å². The number of hydrogen-bond donors (Lipinski definition) is 1. The predicted octanol–water partition coefficient (Wildman–Crippen LogP) is 5.05. The molecule has 0 bridgehead atoms. The van der Waals surface area contributed by atoms with Crippen molar-refractivity contribution in [1.82, 2.24) is 10.2 Å². The standard InChI is InChI=1S/C21H22N4OS2/c1-13-7-6-9-17(11-13)22-20-23-24-21(28-20)27-15(3)19(26)25-14(2)12-16-8-4-5-10-18(16)25/h4-11,14-15H,12H2,1-3H3,(H,22,23)/t14-,15-/m1/s1. The summed E-state index contributed by atoms with van der Waals surface area (Å²) in [5.41, 5.74) is 4.44. The number of aromatic nitrogens is 2. The fourth-order valence-corrected chi connectivity index (χ4v) is 5.42. The third-order valence-corrected chi connectivity index (χ3v) is 6.76. The molecule has 28 heavy (non-hydrogen) atoms. The second-order valence-corrected chi connectivity index (χ2v) is 9.58. The predicted molar refractivity (Wildman–Crippen MR) is 117 cm³/mol. The highest BCUT2D eigenvalue weighted by Gasteiger charge is 2.33. The van der Waals surface area contributed by atoms with E-state index in [-0.39, 0.29) is 17.2 Å². The minimum atomic E-state index is -0.228. The van der Waals surface area contributed by atoms with Crippen molar-refractivity contribution in [2.45, 2.75) is 42.8 Å². The molecule has 2 heterocycles. The van der Waals surface area contributed by atoms with E-state index in [1.165, 1.54) is 34.2 Å². The van der Waals surface area contributed by atoms with Gasteiger partial charge in [0, 0.05) is 17.4 Å². The van der Waals surface area contributed by atoms with Crippen LogP contribution in [0, 0.1) is 6.92 Å². The number of rotatable bonds is 5. The molecule has 0 aliphatic carbocycles. The molecule has 1 aliphatic heterocycles. The molecule has 1 aliphatic rings. The van der Waals surface area contributed by atoms with Crippen molar-refractivity contribution in [3.05, 3.63) is 59.7 Å². The van der Waals surface area contributed by atoms with Gasteiger partial charge in [-0.05, 0) is 56.5 Å². The minimum Gasteiger partial charge on any atom is -0.330 e. The van der Waals surface area contributed by atoms with E-state index in [1.54, 1.807) is 0 Å². The van der Waals surface area contributed by atoms with E-state index in [0.717, 1.165) is 27.3 Å². The molecule has 0 saturated carbocycles. The number of fused-ring (bicyclic) bond motifs is 1. The number of benzene rings is 2. The van der Waals surface area contributed by atoms with E-state index in [2.05, 4.69) is 47.6 Å². The van der Waals surface area contributed by atoms with E-state index in [1.807, 2.05) is 42.2 Å². The third kappa shape index (κ3) is 3.91. The Kier molecular flexibility index (Phi) is 5.37. The van der Waals surface area contributed by atoms with Gasteiger partial charge in [-0.2, -0.15) is 0 Å². The molecule has 7 heteroatoms. The van der Waals surface area contributed by atoms with Gasteiger partial charge in [-0.3, -0.25) is 4.79 Å². The van der Waals surface area contributed by atoms with Gasteiger partial charge in [0.2, 0.25) is 11.0 Å². The number of nitrogens with one attached hydrogen (secondary N) is 1. The third-order valence-electron chi connectivity index (χ3n) is 4.75. The molecular formula is C21H22N4OS2. The van der Waals surface area contributed by atoms with Crippen molar-refractivity contribution in [3.63, 3.8) is 0 Å². The Hall–Kier alpha value is -2.38. The van der Waals surface area contributed by atoms with Crippen molar-refractivity contribution in [3.8, 4) is 0 Å². The number of nitrogens with zero attached hydrogens (tertiary/aromatic N) is 3. The largest absolute Gasteiger partial charge is 0.330 e. The summed E-state index contributed by atoms with van der Waals surface area (Å²) in [5, 5.41) is 12.2. The summed E-state index contributed by atoms with van der Waals surface area (Å²) in [5.74, 6) is 0.117. The van der Waals surface area contributed by atoms with Gasteiger partial charge in [0.1, 0.15) is 0 Å². The van der Waals surface area contributed by atoms with Crippen molar-refractivity contribution < 1.29 is 4.79 Å². The van der Waals surface area contributed by atoms with Crippen molar-refractivity contribution in [2.75, 3.05) is 10.2 Å². The maximum Gasteiger partial charge on any atom is 0.240 e. The van der Waals surface area contributed by atoms with Gasteiger partial charge in [-0.25, -0.2) is 0 Å². The Labute approximate surface area is 173 Å². The van der Waals surface area contributed by atoms with Gasteiger partial charge in [0.05, 0.1) is 5.25 Å². The fraction of sp³-hybridized carbons (Fsp3) is 0.286. The summed E-state index contributed by atoms with van der Waals surface area (Å²) < 4.78 is 0.788. The molecule has 1 aromatic heterocycles. The average molecular weight is 411 g/mol. The van der Waals surface area contributed by atoms with Gasteiger partial charge in [-0.15, -0.1) is 10.2 Å². The normalized spacial score (nSPS) is 16.7. The zero-order valence-electron chi connectivity index (χ0n) is 16.0. The summed E-state index contributed by atoms with van der Waals surface area (Å²) in [6.45, 7) is 6.09. The van der Waals surface area contributed by atoms with Crippen molar-refractivity contribution >= 4 is 45.5 Å². The Balaban J connectivity index is 1.43. The van der Waals surface area contributed by atoms with Crippen LogP contribution in [0.15, 0.2) is 52.9 Å². The van der Waals surface area contributed by atoms with Crippen LogP contribution < -0.4 is 10.2 Å². The molecule has 0 radical (unpaired) electrons. The Morgan fingerprint density at radius 3 is 2.89 bits per heavy atom. The number of aryl methyl sites for hydroxylation is 1. The van der Waals surface area contributed by atoms with Crippen LogP contribution in [0.3, 0.4) is 0 Å². The molecule has 3 aromatic rings. The van der Waals surface area contributed by atoms with Gasteiger partial charge >= 0.3 is 0 Å². The summed E-state index contributed by atoms with van der Waals surface area (Å²) >= 11 is 2.93. The lowest BCUT2D eigenvalue weighted by molar-refractivity contribution is -0.118. The van der Waals surface area contributed by atoms with E-state index >= 15 is 0 Å². The second kappa shape index (κ2) is 7.93. The van der Waals surface area contributed by atoms with Crippen LogP contribution in [-0.2, 0) is 11.2 Å². The summed E-state index contributed by atoms with van der Waals surface area (Å²) in [7, 11) is 0. The maximum absolute atomic E-state index is 13.1. The lowest BCUT2D eigenvalue weighted by atomic mass is 10.1. The molecule has 1 N–H and O–H groups in total. The number of hydrogen-bond acceptors (Lipinski definition) is 6. The number of amides is 1. The molecule has 2 aromatic carbocycles. The second-order valence-electron chi connectivity index (χ2n) is 7.02. The summed E-state index contributed by atoms with van der Waals surface area (Å²) in [4.78, 5) is 15.0. The topological polar surface area (TPSA) is 58.1 Å². The lowest BCUT2D eigenvalue weighted by Crippen LogP contribution is -2.40. The van der Waals surface area contributed by atoms with Gasteiger partial charge in [0.25, 0.3) is 0 Å². The fourth-order valence-electron chi connectivity index (χ4n) is 3.45. The molecule has 0 fully saturated rings. The monoisotopic (exact) mass is 410 g/mol. The first-order chi connectivity index (χ1) is 13.5. The molecule has 1 amide bonds. The molecular weight excluding hydrogens is 388 g/mol. The zero-order chi connectivity index (χ0) is 19.7. The Morgan fingerprint density at radius 1 is 1.25 bits per heavy atom. The van der Waals surface area contributed by atoms with Gasteiger partial charge in [-0.1, -0.05) is 53.4 Å². The smallest absolute Gasteiger partial charge is 0.240 e. The van der Waals surface area contributed by atoms with Crippen LogP contribution in [0.4, 0.5) is 16.5 Å². The zero-order valence-corrected chi connectivity index (χ0v) is 17.7. The molecule has 0 unspecified atom stereocenters. The van der Waals surface area contributed by atoms with Crippen LogP contribution in [-0.4, -0.2) is 27.4 Å². The molecule has 5 nitrogen and oxygen atoms in total. The van der Waals surface area contributed by atoms with Crippen LogP contribution >= 0.6 is 23.1 Å². The van der Waals surface area contributed by atoms with Crippen LogP contribution in [0.5, 0.6) is 0 Å². The van der Waals surface area contributed by atoms with Gasteiger partial charge < -0.3 is 10.2 Å². The number of carbonyl (C=O) groups is 1. The SMILES string of the molecule is Cc1cccc(Nc2nnc(S[C@H](C)C(=O)N3c4ccccc4C[C@H]3C)s2)c1. The average Bonchev–Trinajstić information content (AvgIpc) is 3.24. The lowest BCUT2D eigenvalue weighted by Gasteiger charge is -2.25. The first-order valence-electron chi connectivity index (χ1n) is 9.26. The maximum atomic E-state index is 13.1. The van der Waals surface area contributed by atoms with E-state index < -0.39 is 0 Å². The van der Waals surface area contributed by atoms with E-state index in [9.17, 15) is 4.79 Å². The highest BCUT2D eigenvalue weighted by atomic mass is 32.2. The summed E-state index contributed by atoms with van der Waals surface area (Å²) in [6.07, 6.45) is 0.905. The van der Waals surface area contributed by atoms with Crippen molar-refractivity contribution in [2.24, 2.45) is 0 Å². The Bertz CT molecular complexity index is 1000. The molecule has 4 rings (SSSR count). The van der Waals surface area contributed by atoms with Crippen LogP contribution in [0.25, 0.3) is 0 Å². The molecule has 0 saturated heterocycles. The summed E-state index contributed by atoms with van der Waals surface area (Å²) in [6, 6.07) is 16.5. The first-order valence-corrected chi connectivity index (χ1v) is 11.0. The van der Waals surface area contributed by atoms with E-state index in [4.69, 9.17) is 0 Å². The number of carbonyl (C=O) groups excluding carboxylic acids is 1. The van der Waals surface area contributed by atoms with Crippen molar-refractivity contribution in [1.29, 1.82) is 0 Å². The Morgan fingerprint density at radius 2 is 2.07 bits per heavy atom.